The number of aliphatic hydroxyl groups is 1. The molecule has 0 atom stereocenters. The minimum absolute atomic E-state index is 0.241. The van der Waals surface area contributed by atoms with Crippen molar-refractivity contribution in [3.05, 3.63) is 23.8 Å². The first-order valence-electron chi connectivity index (χ1n) is 4.86. The smallest absolute Gasteiger partial charge is 0.0558 e. The molecule has 0 unspecified atom stereocenters. The highest BCUT2D eigenvalue weighted by molar-refractivity contribution is 5.11. The first kappa shape index (κ1) is 12.4. The molecule has 76 valence electrons. The minimum atomic E-state index is 0.241. The van der Waals surface area contributed by atoms with Gasteiger partial charge in [0.25, 0.3) is 0 Å². The van der Waals surface area contributed by atoms with E-state index in [1.165, 1.54) is 5.57 Å². The lowest BCUT2D eigenvalue weighted by atomic mass is 10.2. The lowest BCUT2D eigenvalue weighted by Gasteiger charge is -2.18. The van der Waals surface area contributed by atoms with Crippen LogP contribution in [0.1, 0.15) is 20.8 Å². The van der Waals surface area contributed by atoms with Crippen molar-refractivity contribution in [3.63, 3.8) is 0 Å². The van der Waals surface area contributed by atoms with Gasteiger partial charge in [-0.3, -0.25) is 4.90 Å². The van der Waals surface area contributed by atoms with E-state index < -0.39 is 0 Å². The van der Waals surface area contributed by atoms with E-state index in [2.05, 4.69) is 24.8 Å². The largest absolute Gasteiger partial charge is 0.395 e. The van der Waals surface area contributed by atoms with Crippen molar-refractivity contribution in [2.45, 2.75) is 20.8 Å². The van der Waals surface area contributed by atoms with E-state index in [1.54, 1.807) is 0 Å². The Hall–Kier alpha value is -0.600. The number of hydrogen-bond donors (Lipinski definition) is 1. The van der Waals surface area contributed by atoms with Gasteiger partial charge in [0.05, 0.1) is 6.61 Å². The van der Waals surface area contributed by atoms with Crippen LogP contribution in [0.5, 0.6) is 0 Å². The number of nitrogens with zero attached hydrogens (tertiary/aromatic N) is 1. The number of likely N-dealkylation sites (N-methyl/N-ethyl adjacent to an activating group) is 1. The molecule has 0 rings (SSSR count). The third-order valence-electron chi connectivity index (χ3n) is 1.91. The Labute approximate surface area is 81.6 Å². The van der Waals surface area contributed by atoms with Crippen LogP contribution in [0.25, 0.3) is 0 Å². The maximum Gasteiger partial charge on any atom is 0.0558 e. The van der Waals surface area contributed by atoms with Gasteiger partial charge in [0, 0.05) is 13.1 Å². The van der Waals surface area contributed by atoms with E-state index in [0.29, 0.717) is 0 Å². The molecule has 0 fully saturated rings. The van der Waals surface area contributed by atoms with E-state index in [9.17, 15) is 0 Å². The number of rotatable bonds is 6. The molecule has 0 aromatic heterocycles. The predicted octanol–water partition coefficient (Wildman–Crippen LogP) is 1.82. The third-order valence-corrected chi connectivity index (χ3v) is 1.91. The summed E-state index contributed by atoms with van der Waals surface area (Å²) in [4.78, 5) is 2.22. The van der Waals surface area contributed by atoms with Gasteiger partial charge in [-0.15, -0.1) is 0 Å². The van der Waals surface area contributed by atoms with Crippen molar-refractivity contribution >= 4 is 0 Å². The second-order valence-electron chi connectivity index (χ2n) is 3.13. The average molecular weight is 183 g/mol. The highest BCUT2D eigenvalue weighted by Gasteiger charge is 2.00. The van der Waals surface area contributed by atoms with E-state index in [0.717, 1.165) is 19.6 Å². The molecule has 0 spiro atoms. The minimum Gasteiger partial charge on any atom is -0.395 e. The van der Waals surface area contributed by atoms with Gasteiger partial charge in [0.1, 0.15) is 0 Å². The van der Waals surface area contributed by atoms with E-state index >= 15 is 0 Å². The summed E-state index contributed by atoms with van der Waals surface area (Å²) in [5.74, 6) is 0. The van der Waals surface area contributed by atoms with Crippen molar-refractivity contribution in [2.75, 3.05) is 26.2 Å². The fourth-order valence-corrected chi connectivity index (χ4v) is 1.16. The molecule has 1 N–H and O–H groups in total. The highest BCUT2D eigenvalue weighted by Crippen LogP contribution is 1.98. The molecule has 2 heteroatoms. The van der Waals surface area contributed by atoms with Crippen LogP contribution in [0.4, 0.5) is 0 Å². The first-order chi connectivity index (χ1) is 6.24. The summed E-state index contributed by atoms with van der Waals surface area (Å²) in [6.45, 7) is 9.17. The molecule has 0 aliphatic carbocycles. The van der Waals surface area contributed by atoms with Crippen molar-refractivity contribution in [1.29, 1.82) is 0 Å². The van der Waals surface area contributed by atoms with Crippen LogP contribution >= 0.6 is 0 Å². The second kappa shape index (κ2) is 8.02. The Kier molecular flexibility index (Phi) is 7.65. The van der Waals surface area contributed by atoms with Crippen LogP contribution in [0, 0.1) is 0 Å². The lowest BCUT2D eigenvalue weighted by Crippen LogP contribution is -2.28. The standard InChI is InChI=1S/C11H21NO/c1-4-6-7-11(3)10-12(5-2)8-9-13/h4,6-7,13H,5,8-10H2,1-3H3/b6-4-,11-7+. The van der Waals surface area contributed by atoms with Crippen LogP contribution in [0.2, 0.25) is 0 Å². The summed E-state index contributed by atoms with van der Waals surface area (Å²) in [7, 11) is 0. The molecule has 0 heterocycles. The molecule has 0 saturated carbocycles. The molecule has 0 saturated heterocycles. The molecular formula is C11H21NO. The first-order valence-corrected chi connectivity index (χ1v) is 4.86. The van der Waals surface area contributed by atoms with E-state index in [4.69, 9.17) is 5.11 Å². The van der Waals surface area contributed by atoms with E-state index in [-0.39, 0.29) is 6.61 Å². The summed E-state index contributed by atoms with van der Waals surface area (Å²) >= 11 is 0. The Morgan fingerprint density at radius 2 is 2.15 bits per heavy atom. The van der Waals surface area contributed by atoms with Gasteiger partial charge in [0.15, 0.2) is 0 Å². The van der Waals surface area contributed by atoms with Crippen LogP contribution in [0.15, 0.2) is 23.8 Å². The number of hydrogen-bond acceptors (Lipinski definition) is 2. The average Bonchev–Trinajstić information content (AvgIpc) is 2.14. The normalized spacial score (nSPS) is 13.2. The number of allylic oxidation sites excluding steroid dienone is 3. The van der Waals surface area contributed by atoms with Gasteiger partial charge in [-0.25, -0.2) is 0 Å². The van der Waals surface area contributed by atoms with Gasteiger partial charge in [-0.05, 0) is 20.4 Å². The maximum atomic E-state index is 8.78. The van der Waals surface area contributed by atoms with Crippen molar-refractivity contribution in [1.82, 2.24) is 4.90 Å². The zero-order valence-electron chi connectivity index (χ0n) is 8.95. The lowest BCUT2D eigenvalue weighted by molar-refractivity contribution is 0.212. The molecule has 2 nitrogen and oxygen atoms in total. The summed E-state index contributed by atoms with van der Waals surface area (Å²) in [6, 6.07) is 0. The molecule has 0 aliphatic heterocycles. The van der Waals surface area contributed by atoms with Gasteiger partial charge in [-0.1, -0.05) is 30.7 Å². The van der Waals surface area contributed by atoms with Crippen LogP contribution in [0.3, 0.4) is 0 Å². The summed E-state index contributed by atoms with van der Waals surface area (Å²) in [6.07, 6.45) is 6.17. The van der Waals surface area contributed by atoms with Crippen LogP contribution < -0.4 is 0 Å². The second-order valence-corrected chi connectivity index (χ2v) is 3.13. The molecule has 0 bridgehead atoms. The fraction of sp³-hybridized carbons (Fsp3) is 0.636. The Balaban J connectivity index is 3.91. The van der Waals surface area contributed by atoms with Gasteiger partial charge in [0.2, 0.25) is 0 Å². The van der Waals surface area contributed by atoms with Gasteiger partial charge < -0.3 is 5.11 Å². The van der Waals surface area contributed by atoms with Crippen LogP contribution in [-0.2, 0) is 0 Å². The predicted molar refractivity (Wildman–Crippen MR) is 57.8 cm³/mol. The molecular weight excluding hydrogens is 162 g/mol. The zero-order chi connectivity index (χ0) is 10.1. The monoisotopic (exact) mass is 183 g/mol. The summed E-state index contributed by atoms with van der Waals surface area (Å²) < 4.78 is 0. The Bertz CT molecular complexity index is 173. The van der Waals surface area contributed by atoms with Crippen LogP contribution in [-0.4, -0.2) is 36.2 Å². The molecule has 0 amide bonds. The zero-order valence-corrected chi connectivity index (χ0v) is 8.95. The molecule has 13 heavy (non-hydrogen) atoms. The van der Waals surface area contributed by atoms with Gasteiger partial charge in [-0.2, -0.15) is 0 Å². The Morgan fingerprint density at radius 3 is 2.62 bits per heavy atom. The maximum absolute atomic E-state index is 8.78. The summed E-state index contributed by atoms with van der Waals surface area (Å²) in [5.41, 5.74) is 1.33. The number of aliphatic hydroxyl groups excluding tert-OH is 1. The third kappa shape index (κ3) is 6.55. The van der Waals surface area contributed by atoms with Gasteiger partial charge >= 0.3 is 0 Å². The Morgan fingerprint density at radius 1 is 1.46 bits per heavy atom. The molecule has 0 radical (unpaired) electrons. The fourth-order valence-electron chi connectivity index (χ4n) is 1.16. The SMILES string of the molecule is C/C=C\C=C(/C)CN(CC)CCO. The quantitative estimate of drug-likeness (QED) is 0.635. The molecule has 0 aliphatic rings. The van der Waals surface area contributed by atoms with Crippen molar-refractivity contribution in [3.8, 4) is 0 Å². The molecule has 0 aromatic carbocycles. The molecule has 0 aromatic rings. The van der Waals surface area contributed by atoms with Crippen molar-refractivity contribution in [2.24, 2.45) is 0 Å². The summed E-state index contributed by atoms with van der Waals surface area (Å²) in [5, 5.41) is 8.78. The van der Waals surface area contributed by atoms with E-state index in [1.807, 2.05) is 19.1 Å². The topological polar surface area (TPSA) is 23.5 Å². The van der Waals surface area contributed by atoms with Crippen molar-refractivity contribution < 1.29 is 5.11 Å². The highest BCUT2D eigenvalue weighted by atomic mass is 16.3.